The maximum Gasteiger partial charge on any atom is 0.230 e. The molecule has 5 rings (SSSR count). The highest BCUT2D eigenvalue weighted by molar-refractivity contribution is 5.98. The number of hydrogen-bond donors (Lipinski definition) is 1. The Balaban J connectivity index is 0.00000304. The zero-order chi connectivity index (χ0) is 24.3. The Hall–Kier alpha value is -2.73. The molecule has 0 bridgehead atoms. The number of aryl methyl sites for hydroxylation is 1. The predicted octanol–water partition coefficient (Wildman–Crippen LogP) is 5.77. The summed E-state index contributed by atoms with van der Waals surface area (Å²) in [5.41, 5.74) is 11.9. The van der Waals surface area contributed by atoms with Crippen molar-refractivity contribution in [2.45, 2.75) is 50.5 Å². The van der Waals surface area contributed by atoms with Crippen LogP contribution in [0.4, 0.5) is 5.69 Å². The van der Waals surface area contributed by atoms with Crippen molar-refractivity contribution in [3.63, 3.8) is 0 Å². The molecule has 3 aromatic rings. The van der Waals surface area contributed by atoms with E-state index >= 15 is 0 Å². The number of carbonyl (C=O) groups is 1. The fourth-order valence-electron chi connectivity index (χ4n) is 5.12. The van der Waals surface area contributed by atoms with Gasteiger partial charge >= 0.3 is 0 Å². The number of benzene rings is 2. The number of nitrogens with zero attached hydrogens (tertiary/aromatic N) is 2. The minimum atomic E-state index is -0.433. The van der Waals surface area contributed by atoms with Gasteiger partial charge in [-0.3, -0.25) is 9.78 Å². The Morgan fingerprint density at radius 2 is 1.69 bits per heavy atom. The van der Waals surface area contributed by atoms with Crippen LogP contribution in [0.1, 0.15) is 49.8 Å². The number of anilines is 1. The standard InChI is InChI=1S/C30H35N3O2.ClH/c1-2-5-22-7-9-23(10-8-22)24-11-13-25(14-12-24)33(21-30(31)15-18-35-19-16-30)29(34)27-20-26(27)28-6-3-4-17-32-28;/h3-4,6-14,17,26-27H,2,5,15-16,18-21,31H2,1H3;1H/t26-,27-;/m1./s1. The first-order valence-electron chi connectivity index (χ1n) is 12.8. The number of rotatable bonds is 8. The number of hydrogen-bond acceptors (Lipinski definition) is 4. The number of halogens is 1. The lowest BCUT2D eigenvalue weighted by Crippen LogP contribution is -2.55. The molecule has 6 heteroatoms. The van der Waals surface area contributed by atoms with Crippen molar-refractivity contribution in [3.8, 4) is 11.1 Å². The highest BCUT2D eigenvalue weighted by Gasteiger charge is 2.48. The number of ether oxygens (including phenoxy) is 1. The largest absolute Gasteiger partial charge is 0.381 e. The molecule has 190 valence electrons. The molecule has 5 nitrogen and oxygen atoms in total. The normalized spacial score (nSPS) is 20.3. The molecule has 1 aliphatic heterocycles. The Morgan fingerprint density at radius 1 is 1.03 bits per heavy atom. The lowest BCUT2D eigenvalue weighted by atomic mass is 9.90. The van der Waals surface area contributed by atoms with Gasteiger partial charge < -0.3 is 15.4 Å². The molecule has 2 heterocycles. The maximum atomic E-state index is 13.8. The average molecular weight is 506 g/mol. The molecule has 0 unspecified atom stereocenters. The molecular weight excluding hydrogens is 470 g/mol. The van der Waals surface area contributed by atoms with Gasteiger partial charge in [-0.2, -0.15) is 0 Å². The summed E-state index contributed by atoms with van der Waals surface area (Å²) in [4.78, 5) is 20.2. The van der Waals surface area contributed by atoms with Crippen molar-refractivity contribution in [1.82, 2.24) is 4.98 Å². The lowest BCUT2D eigenvalue weighted by molar-refractivity contribution is -0.120. The molecule has 1 aromatic heterocycles. The van der Waals surface area contributed by atoms with E-state index in [0.717, 1.165) is 49.0 Å². The van der Waals surface area contributed by atoms with Crippen molar-refractivity contribution in [2.24, 2.45) is 11.7 Å². The van der Waals surface area contributed by atoms with Gasteiger partial charge in [-0.15, -0.1) is 12.4 Å². The highest BCUT2D eigenvalue weighted by Crippen LogP contribution is 2.48. The highest BCUT2D eigenvalue weighted by atomic mass is 35.5. The van der Waals surface area contributed by atoms with E-state index in [1.54, 1.807) is 6.20 Å². The van der Waals surface area contributed by atoms with Gasteiger partial charge in [0.1, 0.15) is 0 Å². The van der Waals surface area contributed by atoms with Crippen molar-refractivity contribution >= 4 is 24.0 Å². The zero-order valence-electron chi connectivity index (χ0n) is 20.9. The summed E-state index contributed by atoms with van der Waals surface area (Å²) in [5.74, 6) is 0.295. The van der Waals surface area contributed by atoms with Gasteiger partial charge in [0.15, 0.2) is 0 Å². The number of nitrogens with two attached hydrogens (primary N) is 1. The molecule has 1 aliphatic carbocycles. The second-order valence-corrected chi connectivity index (χ2v) is 10.1. The summed E-state index contributed by atoms with van der Waals surface area (Å²) in [6.45, 7) is 3.99. The Bertz CT molecular complexity index is 1130. The third kappa shape index (κ3) is 5.97. The van der Waals surface area contributed by atoms with Gasteiger partial charge in [0, 0.05) is 54.7 Å². The monoisotopic (exact) mass is 505 g/mol. The Kier molecular flexibility index (Phi) is 8.45. The van der Waals surface area contributed by atoms with Crippen molar-refractivity contribution < 1.29 is 9.53 Å². The van der Waals surface area contributed by atoms with Crippen molar-refractivity contribution in [1.29, 1.82) is 0 Å². The lowest BCUT2D eigenvalue weighted by Gasteiger charge is -2.38. The Morgan fingerprint density at radius 3 is 2.31 bits per heavy atom. The van der Waals surface area contributed by atoms with E-state index in [1.165, 1.54) is 11.1 Å². The molecule has 1 saturated heterocycles. The van der Waals surface area contributed by atoms with E-state index in [4.69, 9.17) is 10.5 Å². The minimum Gasteiger partial charge on any atom is -0.381 e. The van der Waals surface area contributed by atoms with E-state index in [-0.39, 0.29) is 30.2 Å². The second kappa shape index (κ2) is 11.5. The quantitative estimate of drug-likeness (QED) is 0.422. The smallest absolute Gasteiger partial charge is 0.230 e. The van der Waals surface area contributed by atoms with Gasteiger partial charge in [0.2, 0.25) is 5.91 Å². The van der Waals surface area contributed by atoms with Crippen LogP contribution in [0, 0.1) is 5.92 Å². The van der Waals surface area contributed by atoms with Crippen LogP contribution in [0.2, 0.25) is 0 Å². The van der Waals surface area contributed by atoms with E-state index in [2.05, 4.69) is 60.4 Å². The van der Waals surface area contributed by atoms with Gasteiger partial charge in [-0.25, -0.2) is 0 Å². The van der Waals surface area contributed by atoms with Gasteiger partial charge in [-0.1, -0.05) is 55.8 Å². The molecule has 0 radical (unpaired) electrons. The third-order valence-electron chi connectivity index (χ3n) is 7.41. The summed E-state index contributed by atoms with van der Waals surface area (Å²) in [7, 11) is 0. The fourth-order valence-corrected chi connectivity index (χ4v) is 5.12. The predicted molar refractivity (Wildman–Crippen MR) is 148 cm³/mol. The second-order valence-electron chi connectivity index (χ2n) is 10.1. The van der Waals surface area contributed by atoms with E-state index in [1.807, 2.05) is 23.1 Å². The first kappa shape index (κ1) is 26.3. The maximum absolute atomic E-state index is 13.8. The molecule has 2 aliphatic rings. The molecule has 1 saturated carbocycles. The number of carbonyl (C=O) groups excluding carboxylic acids is 1. The number of pyridine rings is 1. The summed E-state index contributed by atoms with van der Waals surface area (Å²) in [6, 6.07) is 23.0. The van der Waals surface area contributed by atoms with Crippen molar-refractivity contribution in [2.75, 3.05) is 24.7 Å². The summed E-state index contributed by atoms with van der Waals surface area (Å²) < 4.78 is 5.54. The van der Waals surface area contributed by atoms with Crippen LogP contribution in [0.3, 0.4) is 0 Å². The summed E-state index contributed by atoms with van der Waals surface area (Å²) in [5, 5.41) is 0. The van der Waals surface area contributed by atoms with E-state index in [9.17, 15) is 4.79 Å². The SMILES string of the molecule is CCCc1ccc(-c2ccc(N(CC3(N)CCOCC3)C(=O)[C@@H]3C[C@H]3c3ccccn3)cc2)cc1.Cl. The van der Waals surface area contributed by atoms with Crippen LogP contribution < -0.4 is 10.6 Å². The average Bonchev–Trinajstić information content (AvgIpc) is 3.70. The van der Waals surface area contributed by atoms with E-state index < -0.39 is 5.54 Å². The van der Waals surface area contributed by atoms with Crippen molar-refractivity contribution in [3.05, 3.63) is 84.2 Å². The van der Waals surface area contributed by atoms with E-state index in [0.29, 0.717) is 19.8 Å². The van der Waals surface area contributed by atoms with Crippen LogP contribution in [0.5, 0.6) is 0 Å². The molecule has 36 heavy (non-hydrogen) atoms. The van der Waals surface area contributed by atoms with Crippen LogP contribution in [-0.2, 0) is 16.0 Å². The molecular formula is C30H36ClN3O2. The molecule has 1 amide bonds. The summed E-state index contributed by atoms with van der Waals surface area (Å²) in [6.07, 6.45) is 6.41. The first-order chi connectivity index (χ1) is 17.1. The Labute approximate surface area is 220 Å². The molecule has 0 spiro atoms. The molecule has 2 N–H and O–H groups in total. The topological polar surface area (TPSA) is 68.4 Å². The van der Waals surface area contributed by atoms with Crippen LogP contribution in [0.25, 0.3) is 11.1 Å². The molecule has 2 fully saturated rings. The molecule has 2 atom stereocenters. The number of amides is 1. The first-order valence-corrected chi connectivity index (χ1v) is 12.8. The van der Waals surface area contributed by atoms with Gasteiger partial charge in [-0.05, 0) is 66.6 Å². The van der Waals surface area contributed by atoms with Crippen LogP contribution >= 0.6 is 12.4 Å². The van der Waals surface area contributed by atoms with Gasteiger partial charge in [0.05, 0.1) is 0 Å². The third-order valence-corrected chi connectivity index (χ3v) is 7.41. The summed E-state index contributed by atoms with van der Waals surface area (Å²) >= 11 is 0. The fraction of sp³-hybridized carbons (Fsp3) is 0.400. The van der Waals surface area contributed by atoms with Crippen LogP contribution in [0.15, 0.2) is 72.9 Å². The van der Waals surface area contributed by atoms with Gasteiger partial charge in [0.25, 0.3) is 0 Å². The van der Waals surface area contributed by atoms with Crippen LogP contribution in [-0.4, -0.2) is 36.2 Å². The number of aromatic nitrogens is 1. The minimum absolute atomic E-state index is 0. The molecule has 2 aromatic carbocycles. The zero-order valence-corrected chi connectivity index (χ0v) is 21.8.